The molecule has 3 rings (SSSR count). The van der Waals surface area contributed by atoms with Crippen LogP contribution in [-0.4, -0.2) is 35.0 Å². The molecule has 1 heterocycles. The average molecular weight is 462 g/mol. The fourth-order valence-electron chi connectivity index (χ4n) is 3.95. The van der Waals surface area contributed by atoms with Crippen molar-refractivity contribution in [2.45, 2.75) is 65.5 Å². The quantitative estimate of drug-likeness (QED) is 0.407. The number of amides is 1. The monoisotopic (exact) mass is 461 g/mol. The third-order valence-electron chi connectivity index (χ3n) is 6.57. The third kappa shape index (κ3) is 6.66. The van der Waals surface area contributed by atoms with Gasteiger partial charge >= 0.3 is 0 Å². The smallest absolute Gasteiger partial charge is 0.291 e. The predicted molar refractivity (Wildman–Crippen MR) is 134 cm³/mol. The standard InChI is InChI=1S/C29H35NO4/c1-4-29(2,3)27(32)28(33)30-20-10-14-25(30)26(31)15-9-8-11-22-16-18-24(19-17-22)34-21-23-12-6-5-7-13-23/h5-8,11-13,16-19,25H,4,9-10,14-15,20-21H2,1-3H3/b11-8+/t25-/m0/s1. The van der Waals surface area contributed by atoms with E-state index in [0.717, 1.165) is 23.3 Å². The predicted octanol–water partition coefficient (Wildman–Crippen LogP) is 5.62. The van der Waals surface area contributed by atoms with E-state index in [0.29, 0.717) is 38.8 Å². The first-order chi connectivity index (χ1) is 16.3. The molecule has 0 saturated carbocycles. The Morgan fingerprint density at radius 1 is 1.06 bits per heavy atom. The maximum Gasteiger partial charge on any atom is 0.291 e. The first-order valence-electron chi connectivity index (χ1n) is 12.1. The lowest BCUT2D eigenvalue weighted by Crippen LogP contribution is -2.47. The van der Waals surface area contributed by atoms with Gasteiger partial charge in [0, 0.05) is 18.4 Å². The lowest BCUT2D eigenvalue weighted by atomic mass is 9.84. The number of nitrogens with zero attached hydrogens (tertiary/aromatic N) is 1. The minimum absolute atomic E-state index is 0.0299. The zero-order valence-corrected chi connectivity index (χ0v) is 20.5. The second kappa shape index (κ2) is 11.8. The summed E-state index contributed by atoms with van der Waals surface area (Å²) in [4.78, 5) is 39.6. The molecule has 0 N–H and O–H groups in total. The van der Waals surface area contributed by atoms with E-state index in [4.69, 9.17) is 4.74 Å². The topological polar surface area (TPSA) is 63.7 Å². The minimum Gasteiger partial charge on any atom is -0.489 e. The molecule has 5 heteroatoms. The van der Waals surface area contributed by atoms with Crippen LogP contribution in [0.3, 0.4) is 0 Å². The van der Waals surface area contributed by atoms with E-state index in [1.807, 2.05) is 73.7 Å². The molecule has 1 aliphatic heterocycles. The van der Waals surface area contributed by atoms with Gasteiger partial charge in [-0.3, -0.25) is 14.4 Å². The fourth-order valence-corrected chi connectivity index (χ4v) is 3.95. The van der Waals surface area contributed by atoms with Crippen molar-refractivity contribution >= 4 is 23.5 Å². The van der Waals surface area contributed by atoms with E-state index in [1.54, 1.807) is 13.8 Å². The van der Waals surface area contributed by atoms with Gasteiger partial charge in [0.1, 0.15) is 12.4 Å². The molecule has 1 aliphatic rings. The molecule has 2 aromatic rings. The number of allylic oxidation sites excluding steroid dienone is 1. The van der Waals surface area contributed by atoms with Crippen molar-refractivity contribution < 1.29 is 19.1 Å². The highest BCUT2D eigenvalue weighted by Crippen LogP contribution is 2.26. The lowest BCUT2D eigenvalue weighted by Gasteiger charge is -2.27. The van der Waals surface area contributed by atoms with Crippen LogP contribution in [0.1, 0.15) is 64.0 Å². The molecule has 34 heavy (non-hydrogen) atoms. The Morgan fingerprint density at radius 3 is 2.44 bits per heavy atom. The van der Waals surface area contributed by atoms with Crippen molar-refractivity contribution in [1.82, 2.24) is 4.90 Å². The van der Waals surface area contributed by atoms with Crippen molar-refractivity contribution in [1.29, 1.82) is 0 Å². The van der Waals surface area contributed by atoms with E-state index in [-0.39, 0.29) is 5.78 Å². The van der Waals surface area contributed by atoms with Crippen LogP contribution in [0, 0.1) is 5.41 Å². The summed E-state index contributed by atoms with van der Waals surface area (Å²) in [5.74, 6) is -0.0659. The fraction of sp³-hybridized carbons (Fsp3) is 0.414. The van der Waals surface area contributed by atoms with Gasteiger partial charge in [-0.2, -0.15) is 0 Å². The molecule has 0 bridgehead atoms. The van der Waals surface area contributed by atoms with Gasteiger partial charge in [-0.1, -0.05) is 75.4 Å². The molecule has 2 aromatic carbocycles. The first-order valence-corrected chi connectivity index (χ1v) is 12.1. The largest absolute Gasteiger partial charge is 0.489 e. The number of rotatable bonds is 11. The SMILES string of the molecule is CCC(C)(C)C(=O)C(=O)N1CCC[C@H]1C(=O)CC/C=C/c1ccc(OCc2ccccc2)cc1. The number of carbonyl (C=O) groups is 3. The molecular formula is C29H35NO4. The molecule has 1 atom stereocenters. The van der Waals surface area contributed by atoms with Gasteiger partial charge in [0.2, 0.25) is 5.78 Å². The Bertz CT molecular complexity index is 1010. The molecule has 0 aliphatic carbocycles. The van der Waals surface area contributed by atoms with Crippen LogP contribution < -0.4 is 4.74 Å². The summed E-state index contributed by atoms with van der Waals surface area (Å²) in [6, 6.07) is 17.4. The zero-order chi connectivity index (χ0) is 24.6. The molecule has 0 radical (unpaired) electrons. The van der Waals surface area contributed by atoms with Crippen LogP contribution in [0.5, 0.6) is 5.75 Å². The Morgan fingerprint density at radius 2 is 1.76 bits per heavy atom. The van der Waals surface area contributed by atoms with Gasteiger partial charge in [0.05, 0.1) is 6.04 Å². The van der Waals surface area contributed by atoms with E-state index >= 15 is 0 Å². The summed E-state index contributed by atoms with van der Waals surface area (Å²) in [6.07, 6.45) is 6.90. The molecular weight excluding hydrogens is 426 g/mol. The van der Waals surface area contributed by atoms with Crippen molar-refractivity contribution in [3.05, 3.63) is 71.8 Å². The number of benzene rings is 2. The lowest BCUT2D eigenvalue weighted by molar-refractivity contribution is -0.151. The van der Waals surface area contributed by atoms with Crippen LogP contribution in [0.15, 0.2) is 60.7 Å². The number of carbonyl (C=O) groups excluding carboxylic acids is 3. The van der Waals surface area contributed by atoms with Crippen LogP contribution in [0.2, 0.25) is 0 Å². The van der Waals surface area contributed by atoms with Gasteiger partial charge < -0.3 is 9.64 Å². The molecule has 0 aromatic heterocycles. The van der Waals surface area contributed by atoms with Gasteiger partial charge in [0.15, 0.2) is 5.78 Å². The average Bonchev–Trinajstić information content (AvgIpc) is 3.36. The maximum absolute atomic E-state index is 12.8. The van der Waals surface area contributed by atoms with Crippen LogP contribution in [-0.2, 0) is 21.0 Å². The van der Waals surface area contributed by atoms with Gasteiger partial charge in [-0.25, -0.2) is 0 Å². The van der Waals surface area contributed by atoms with Crippen molar-refractivity contribution in [3.8, 4) is 5.75 Å². The van der Waals surface area contributed by atoms with Crippen LogP contribution >= 0.6 is 0 Å². The van der Waals surface area contributed by atoms with Crippen molar-refractivity contribution in [2.24, 2.45) is 5.41 Å². The van der Waals surface area contributed by atoms with E-state index in [2.05, 4.69) is 0 Å². The summed E-state index contributed by atoms with van der Waals surface area (Å²) >= 11 is 0. The molecule has 1 amide bonds. The molecule has 5 nitrogen and oxygen atoms in total. The number of ether oxygens (including phenoxy) is 1. The van der Waals surface area contributed by atoms with E-state index < -0.39 is 23.1 Å². The summed E-state index contributed by atoms with van der Waals surface area (Å²) in [5.41, 5.74) is 1.46. The zero-order valence-electron chi connectivity index (χ0n) is 20.5. The minimum atomic E-state index is -0.696. The van der Waals surface area contributed by atoms with Crippen LogP contribution in [0.4, 0.5) is 0 Å². The highest BCUT2D eigenvalue weighted by atomic mass is 16.5. The van der Waals surface area contributed by atoms with Crippen molar-refractivity contribution in [2.75, 3.05) is 6.54 Å². The number of ketones is 2. The molecule has 0 unspecified atom stereocenters. The second-order valence-corrected chi connectivity index (χ2v) is 9.47. The maximum atomic E-state index is 12.8. The highest BCUT2D eigenvalue weighted by molar-refractivity contribution is 6.38. The molecule has 1 fully saturated rings. The molecule has 0 spiro atoms. The van der Waals surface area contributed by atoms with E-state index in [9.17, 15) is 14.4 Å². The number of hydrogen-bond acceptors (Lipinski definition) is 4. The Balaban J connectivity index is 1.47. The second-order valence-electron chi connectivity index (χ2n) is 9.47. The van der Waals surface area contributed by atoms with Crippen molar-refractivity contribution in [3.63, 3.8) is 0 Å². The van der Waals surface area contributed by atoms with E-state index in [1.165, 1.54) is 4.90 Å². The normalized spacial score (nSPS) is 16.1. The summed E-state index contributed by atoms with van der Waals surface area (Å²) in [6.45, 7) is 6.48. The Labute approximate surface area is 202 Å². The first kappa shape index (κ1) is 25.4. The van der Waals surface area contributed by atoms with Gasteiger partial charge in [0.25, 0.3) is 5.91 Å². The summed E-state index contributed by atoms with van der Waals surface area (Å²) < 4.78 is 5.81. The van der Waals surface area contributed by atoms with Gasteiger partial charge in [-0.15, -0.1) is 0 Å². The summed E-state index contributed by atoms with van der Waals surface area (Å²) in [5, 5.41) is 0. The van der Waals surface area contributed by atoms with Gasteiger partial charge in [-0.05, 0) is 48.9 Å². The molecule has 180 valence electrons. The molecule has 1 saturated heterocycles. The number of Topliss-reactive ketones (excluding diaryl/α,β-unsaturated/α-hetero) is 2. The number of likely N-dealkylation sites (tertiary alicyclic amines) is 1. The highest BCUT2D eigenvalue weighted by Gasteiger charge is 2.40. The summed E-state index contributed by atoms with van der Waals surface area (Å²) in [7, 11) is 0. The Kier molecular flexibility index (Phi) is 8.80. The number of hydrogen-bond donors (Lipinski definition) is 0. The Hall–Kier alpha value is -3.21. The van der Waals surface area contributed by atoms with Crippen LogP contribution in [0.25, 0.3) is 6.08 Å². The third-order valence-corrected chi connectivity index (χ3v) is 6.57.